The van der Waals surface area contributed by atoms with Crippen molar-refractivity contribution in [1.29, 1.82) is 0 Å². The molecule has 3 aromatic rings. The SMILES string of the molecule is COc1ccccc1-c1nn(Cc2ccccc2)cc1C(=O)NCCN1CCOCC1. The number of benzene rings is 2. The zero-order valence-corrected chi connectivity index (χ0v) is 17.8. The van der Waals surface area contributed by atoms with Gasteiger partial charge in [-0.1, -0.05) is 42.5 Å². The Morgan fingerprint density at radius 1 is 1.10 bits per heavy atom. The molecule has 7 nitrogen and oxygen atoms in total. The number of rotatable bonds is 8. The first kappa shape index (κ1) is 21.1. The number of methoxy groups -OCH3 is 1. The molecule has 0 unspecified atom stereocenters. The van der Waals surface area contributed by atoms with Gasteiger partial charge in [-0.05, 0) is 17.7 Å². The van der Waals surface area contributed by atoms with Crippen LogP contribution >= 0.6 is 0 Å². The van der Waals surface area contributed by atoms with Crippen molar-refractivity contribution in [2.45, 2.75) is 6.54 Å². The van der Waals surface area contributed by atoms with Crippen LogP contribution in [0.25, 0.3) is 11.3 Å². The summed E-state index contributed by atoms with van der Waals surface area (Å²) in [5.74, 6) is 0.559. The molecule has 1 aromatic heterocycles. The van der Waals surface area contributed by atoms with Crippen molar-refractivity contribution in [3.8, 4) is 17.0 Å². The second-order valence-corrected chi connectivity index (χ2v) is 7.48. The van der Waals surface area contributed by atoms with Gasteiger partial charge < -0.3 is 14.8 Å². The molecule has 1 fully saturated rings. The molecular weight excluding hydrogens is 392 g/mol. The van der Waals surface area contributed by atoms with Crippen LogP contribution in [-0.2, 0) is 11.3 Å². The first-order valence-corrected chi connectivity index (χ1v) is 10.6. The molecule has 0 radical (unpaired) electrons. The standard InChI is InChI=1S/C24H28N4O3/c1-30-22-10-6-5-9-20(22)23-21(18-28(26-23)17-19-7-3-2-4-8-19)24(29)25-11-12-27-13-15-31-16-14-27/h2-10,18H,11-17H2,1H3,(H,25,29). The highest BCUT2D eigenvalue weighted by molar-refractivity contribution is 6.00. The third-order valence-corrected chi connectivity index (χ3v) is 5.37. The third kappa shape index (κ3) is 5.31. The summed E-state index contributed by atoms with van der Waals surface area (Å²) < 4.78 is 12.7. The van der Waals surface area contributed by atoms with Gasteiger partial charge in [0.1, 0.15) is 11.4 Å². The number of nitrogens with zero attached hydrogens (tertiary/aromatic N) is 3. The van der Waals surface area contributed by atoms with Gasteiger partial charge >= 0.3 is 0 Å². The number of ether oxygens (including phenoxy) is 2. The monoisotopic (exact) mass is 420 g/mol. The van der Waals surface area contributed by atoms with E-state index in [1.807, 2.05) is 65.5 Å². The minimum Gasteiger partial charge on any atom is -0.496 e. The topological polar surface area (TPSA) is 68.6 Å². The van der Waals surface area contributed by atoms with Crippen molar-refractivity contribution < 1.29 is 14.3 Å². The summed E-state index contributed by atoms with van der Waals surface area (Å²) in [6.07, 6.45) is 1.82. The van der Waals surface area contributed by atoms with Gasteiger partial charge in [0, 0.05) is 37.9 Å². The number of para-hydroxylation sites is 1. The predicted molar refractivity (Wildman–Crippen MR) is 119 cm³/mol. The highest BCUT2D eigenvalue weighted by atomic mass is 16.5. The van der Waals surface area contributed by atoms with E-state index in [0.717, 1.165) is 44.0 Å². The zero-order valence-electron chi connectivity index (χ0n) is 17.8. The fourth-order valence-corrected chi connectivity index (χ4v) is 3.73. The van der Waals surface area contributed by atoms with E-state index in [-0.39, 0.29) is 5.91 Å². The Kier molecular flexibility index (Phi) is 6.96. The molecule has 2 heterocycles. The van der Waals surface area contributed by atoms with Gasteiger partial charge in [-0.3, -0.25) is 14.4 Å². The zero-order chi connectivity index (χ0) is 21.5. The van der Waals surface area contributed by atoms with Gasteiger partial charge in [0.15, 0.2) is 0 Å². The third-order valence-electron chi connectivity index (χ3n) is 5.37. The van der Waals surface area contributed by atoms with Crippen LogP contribution in [0.4, 0.5) is 0 Å². The van der Waals surface area contributed by atoms with E-state index < -0.39 is 0 Å². The lowest BCUT2D eigenvalue weighted by atomic mass is 10.1. The van der Waals surface area contributed by atoms with Crippen LogP contribution in [0, 0.1) is 0 Å². The van der Waals surface area contributed by atoms with Crippen molar-refractivity contribution in [2.75, 3.05) is 46.5 Å². The Labute approximate surface area is 182 Å². The van der Waals surface area contributed by atoms with Crippen molar-refractivity contribution in [1.82, 2.24) is 20.0 Å². The minimum absolute atomic E-state index is 0.131. The van der Waals surface area contributed by atoms with Crippen LogP contribution in [-0.4, -0.2) is 67.1 Å². The number of nitrogens with one attached hydrogen (secondary N) is 1. The fourth-order valence-electron chi connectivity index (χ4n) is 3.73. The van der Waals surface area contributed by atoms with Crippen molar-refractivity contribution in [3.05, 3.63) is 71.9 Å². The molecule has 1 amide bonds. The molecule has 0 atom stereocenters. The molecule has 4 rings (SSSR count). The maximum atomic E-state index is 13.1. The molecule has 162 valence electrons. The quantitative estimate of drug-likeness (QED) is 0.607. The predicted octanol–water partition coefficient (Wildman–Crippen LogP) is 2.67. The lowest BCUT2D eigenvalue weighted by Crippen LogP contribution is -2.41. The summed E-state index contributed by atoms with van der Waals surface area (Å²) >= 11 is 0. The lowest BCUT2D eigenvalue weighted by Gasteiger charge is -2.26. The Balaban J connectivity index is 1.55. The number of hydrogen-bond donors (Lipinski definition) is 1. The Morgan fingerprint density at radius 3 is 2.61 bits per heavy atom. The first-order valence-electron chi connectivity index (χ1n) is 10.6. The molecule has 31 heavy (non-hydrogen) atoms. The number of carbonyl (C=O) groups excluding carboxylic acids is 1. The summed E-state index contributed by atoms with van der Waals surface area (Å²) in [6, 6.07) is 17.7. The molecule has 0 spiro atoms. The fraction of sp³-hybridized carbons (Fsp3) is 0.333. The maximum Gasteiger partial charge on any atom is 0.255 e. The second-order valence-electron chi connectivity index (χ2n) is 7.48. The molecule has 1 aliphatic heterocycles. The van der Waals surface area contributed by atoms with Crippen LogP contribution in [0.15, 0.2) is 60.8 Å². The van der Waals surface area contributed by atoms with Crippen molar-refractivity contribution >= 4 is 5.91 Å². The Bertz CT molecular complexity index is 997. The van der Waals surface area contributed by atoms with Gasteiger partial charge in [0.05, 0.1) is 32.4 Å². The maximum absolute atomic E-state index is 13.1. The average Bonchev–Trinajstić information content (AvgIpc) is 3.24. The summed E-state index contributed by atoms with van der Waals surface area (Å²) in [5.41, 5.74) is 3.09. The summed E-state index contributed by atoms with van der Waals surface area (Å²) in [6.45, 7) is 5.26. The Morgan fingerprint density at radius 2 is 1.84 bits per heavy atom. The van der Waals surface area contributed by atoms with E-state index in [2.05, 4.69) is 10.2 Å². The number of hydrogen-bond acceptors (Lipinski definition) is 5. The molecule has 1 saturated heterocycles. The number of carbonyl (C=O) groups is 1. The van der Waals surface area contributed by atoms with Gasteiger partial charge in [0.2, 0.25) is 0 Å². The smallest absolute Gasteiger partial charge is 0.255 e. The molecule has 0 saturated carbocycles. The van der Waals surface area contributed by atoms with E-state index >= 15 is 0 Å². The van der Waals surface area contributed by atoms with Crippen LogP contribution in [0.3, 0.4) is 0 Å². The van der Waals surface area contributed by atoms with Crippen LogP contribution in [0.1, 0.15) is 15.9 Å². The van der Waals surface area contributed by atoms with E-state index in [1.54, 1.807) is 7.11 Å². The lowest BCUT2D eigenvalue weighted by molar-refractivity contribution is 0.0383. The summed E-state index contributed by atoms with van der Waals surface area (Å²) in [7, 11) is 1.63. The molecule has 1 N–H and O–H groups in total. The molecule has 7 heteroatoms. The minimum atomic E-state index is -0.131. The van der Waals surface area contributed by atoms with Crippen LogP contribution < -0.4 is 10.1 Å². The number of aromatic nitrogens is 2. The van der Waals surface area contributed by atoms with Gasteiger partial charge in [-0.15, -0.1) is 0 Å². The largest absolute Gasteiger partial charge is 0.496 e. The van der Waals surface area contributed by atoms with E-state index in [4.69, 9.17) is 14.6 Å². The normalized spacial score (nSPS) is 14.4. The average molecular weight is 421 g/mol. The number of amides is 1. The van der Waals surface area contributed by atoms with Crippen molar-refractivity contribution in [3.63, 3.8) is 0 Å². The van der Waals surface area contributed by atoms with E-state index in [1.165, 1.54) is 0 Å². The first-order chi connectivity index (χ1) is 15.2. The van der Waals surface area contributed by atoms with Crippen molar-refractivity contribution in [2.24, 2.45) is 0 Å². The highest BCUT2D eigenvalue weighted by Crippen LogP contribution is 2.31. The summed E-state index contributed by atoms with van der Waals surface area (Å²) in [4.78, 5) is 15.4. The van der Waals surface area contributed by atoms with Crippen LogP contribution in [0.5, 0.6) is 5.75 Å². The molecular formula is C24H28N4O3. The highest BCUT2D eigenvalue weighted by Gasteiger charge is 2.21. The Hall–Kier alpha value is -3.16. The summed E-state index contributed by atoms with van der Waals surface area (Å²) in [5, 5.41) is 7.81. The molecule has 2 aromatic carbocycles. The molecule has 0 bridgehead atoms. The van der Waals surface area contributed by atoms with Gasteiger partial charge in [-0.25, -0.2) is 0 Å². The second kappa shape index (κ2) is 10.2. The molecule has 0 aliphatic carbocycles. The van der Waals surface area contributed by atoms with Crippen LogP contribution in [0.2, 0.25) is 0 Å². The van der Waals surface area contributed by atoms with E-state index in [0.29, 0.717) is 30.1 Å². The number of morpholine rings is 1. The molecule has 1 aliphatic rings. The van der Waals surface area contributed by atoms with Gasteiger partial charge in [-0.2, -0.15) is 5.10 Å². The van der Waals surface area contributed by atoms with Gasteiger partial charge in [0.25, 0.3) is 5.91 Å². The van der Waals surface area contributed by atoms with E-state index in [9.17, 15) is 4.79 Å².